The SMILES string of the molecule is CCC1=C(O)C2=CC=C3C(=CCC4CCCC[C@H]34)[C@@H]2C1. The number of rotatable bonds is 1. The maximum absolute atomic E-state index is 10.4. The lowest BCUT2D eigenvalue weighted by atomic mass is 9.64. The van der Waals surface area contributed by atoms with Gasteiger partial charge in [0.05, 0.1) is 0 Å². The third-order valence-electron chi connectivity index (χ3n) is 5.96. The van der Waals surface area contributed by atoms with Crippen LogP contribution in [0.5, 0.6) is 0 Å². The standard InChI is InChI=1S/C19H24O/c1-2-12-11-18-16-8-7-13-5-3-4-6-14(13)15(16)9-10-17(18)19(12)20/h8-10,13-14,18,20H,2-7,11H2,1H3/t13?,14-,18-/m0/s1. The van der Waals surface area contributed by atoms with Crippen molar-refractivity contribution >= 4 is 0 Å². The molecule has 1 saturated carbocycles. The molecule has 0 aliphatic heterocycles. The highest BCUT2D eigenvalue weighted by Gasteiger charge is 2.40. The van der Waals surface area contributed by atoms with E-state index < -0.39 is 0 Å². The minimum atomic E-state index is 0.466. The van der Waals surface area contributed by atoms with Crippen molar-refractivity contribution in [2.24, 2.45) is 17.8 Å². The van der Waals surface area contributed by atoms with Crippen molar-refractivity contribution in [1.82, 2.24) is 0 Å². The molecule has 4 aliphatic rings. The highest BCUT2D eigenvalue weighted by atomic mass is 16.3. The van der Waals surface area contributed by atoms with Crippen LogP contribution in [0.3, 0.4) is 0 Å². The molecular weight excluding hydrogens is 244 g/mol. The summed E-state index contributed by atoms with van der Waals surface area (Å²) >= 11 is 0. The van der Waals surface area contributed by atoms with Gasteiger partial charge in [0.15, 0.2) is 0 Å². The number of fused-ring (bicyclic) bond motifs is 5. The second-order valence-electron chi connectivity index (χ2n) is 6.85. The molecule has 0 aromatic rings. The van der Waals surface area contributed by atoms with Crippen molar-refractivity contribution in [1.29, 1.82) is 0 Å². The minimum Gasteiger partial charge on any atom is -0.508 e. The predicted octanol–water partition coefficient (Wildman–Crippen LogP) is 5.23. The van der Waals surface area contributed by atoms with Crippen LogP contribution in [-0.4, -0.2) is 5.11 Å². The molecule has 4 aliphatic carbocycles. The molecular formula is C19H24O. The molecule has 1 heteroatoms. The lowest BCUT2D eigenvalue weighted by Crippen LogP contribution is -2.28. The number of aliphatic hydroxyl groups excluding tert-OH is 1. The van der Waals surface area contributed by atoms with E-state index in [2.05, 4.69) is 25.2 Å². The van der Waals surface area contributed by atoms with Gasteiger partial charge in [-0.05, 0) is 60.7 Å². The Morgan fingerprint density at radius 1 is 1.10 bits per heavy atom. The summed E-state index contributed by atoms with van der Waals surface area (Å²) in [7, 11) is 0. The number of hydrogen-bond acceptors (Lipinski definition) is 1. The normalized spacial score (nSPS) is 35.6. The molecule has 1 unspecified atom stereocenters. The van der Waals surface area contributed by atoms with Crippen LogP contribution in [0.25, 0.3) is 0 Å². The van der Waals surface area contributed by atoms with Gasteiger partial charge in [-0.1, -0.05) is 38.0 Å². The van der Waals surface area contributed by atoms with Crippen molar-refractivity contribution in [2.75, 3.05) is 0 Å². The Morgan fingerprint density at radius 3 is 2.75 bits per heavy atom. The van der Waals surface area contributed by atoms with E-state index in [0.29, 0.717) is 11.7 Å². The lowest BCUT2D eigenvalue weighted by Gasteiger charge is -2.40. The van der Waals surface area contributed by atoms with E-state index >= 15 is 0 Å². The van der Waals surface area contributed by atoms with Crippen LogP contribution in [-0.2, 0) is 0 Å². The zero-order valence-corrected chi connectivity index (χ0v) is 12.4. The molecule has 1 fully saturated rings. The number of allylic oxidation sites excluding steroid dienone is 7. The molecule has 0 amide bonds. The molecule has 0 aromatic carbocycles. The molecule has 3 atom stereocenters. The van der Waals surface area contributed by atoms with Crippen LogP contribution in [0.1, 0.15) is 51.9 Å². The van der Waals surface area contributed by atoms with E-state index in [1.807, 2.05) is 0 Å². The van der Waals surface area contributed by atoms with Crippen molar-refractivity contribution in [2.45, 2.75) is 51.9 Å². The summed E-state index contributed by atoms with van der Waals surface area (Å²) in [5.41, 5.74) is 5.61. The largest absolute Gasteiger partial charge is 0.508 e. The van der Waals surface area contributed by atoms with E-state index in [4.69, 9.17) is 0 Å². The fourth-order valence-corrected chi connectivity index (χ4v) is 4.86. The van der Waals surface area contributed by atoms with Crippen LogP contribution < -0.4 is 0 Å². The molecule has 0 heterocycles. The first kappa shape index (κ1) is 12.5. The summed E-state index contributed by atoms with van der Waals surface area (Å²) in [6.45, 7) is 2.16. The molecule has 0 aromatic heterocycles. The van der Waals surface area contributed by atoms with E-state index in [0.717, 1.165) is 24.7 Å². The topological polar surface area (TPSA) is 20.2 Å². The quantitative estimate of drug-likeness (QED) is 0.690. The average molecular weight is 268 g/mol. The lowest BCUT2D eigenvalue weighted by molar-refractivity contribution is 0.264. The number of hydrogen-bond donors (Lipinski definition) is 1. The molecule has 0 radical (unpaired) electrons. The second kappa shape index (κ2) is 4.65. The summed E-state index contributed by atoms with van der Waals surface area (Å²) < 4.78 is 0. The maximum Gasteiger partial charge on any atom is 0.118 e. The molecule has 4 rings (SSSR count). The third-order valence-corrected chi connectivity index (χ3v) is 5.96. The maximum atomic E-state index is 10.4. The summed E-state index contributed by atoms with van der Waals surface area (Å²) in [4.78, 5) is 0. The summed E-state index contributed by atoms with van der Waals surface area (Å²) in [6, 6.07) is 0. The molecule has 20 heavy (non-hydrogen) atoms. The van der Waals surface area contributed by atoms with Gasteiger partial charge < -0.3 is 5.11 Å². The number of aliphatic hydroxyl groups is 1. The van der Waals surface area contributed by atoms with Gasteiger partial charge in [0.25, 0.3) is 0 Å². The molecule has 0 saturated heterocycles. The Bertz CT molecular complexity index is 558. The van der Waals surface area contributed by atoms with Crippen molar-refractivity contribution in [3.63, 3.8) is 0 Å². The summed E-state index contributed by atoms with van der Waals surface area (Å²) in [5, 5.41) is 10.4. The molecule has 106 valence electrons. The molecule has 1 N–H and O–H groups in total. The van der Waals surface area contributed by atoms with Gasteiger partial charge in [-0.15, -0.1) is 0 Å². The van der Waals surface area contributed by atoms with Crippen molar-refractivity contribution < 1.29 is 5.11 Å². The zero-order valence-electron chi connectivity index (χ0n) is 12.4. The van der Waals surface area contributed by atoms with Gasteiger partial charge in [0, 0.05) is 11.5 Å². The van der Waals surface area contributed by atoms with Crippen molar-refractivity contribution in [3.05, 3.63) is 46.3 Å². The summed E-state index contributed by atoms with van der Waals surface area (Å²) in [6.07, 6.45) is 16.0. The third kappa shape index (κ3) is 1.68. The first-order valence-corrected chi connectivity index (χ1v) is 8.33. The van der Waals surface area contributed by atoms with Gasteiger partial charge in [-0.2, -0.15) is 0 Å². The van der Waals surface area contributed by atoms with E-state index in [9.17, 15) is 5.11 Å². The van der Waals surface area contributed by atoms with Crippen molar-refractivity contribution in [3.8, 4) is 0 Å². The summed E-state index contributed by atoms with van der Waals surface area (Å²) in [5.74, 6) is 2.75. The van der Waals surface area contributed by atoms with Crippen LogP contribution in [0.4, 0.5) is 0 Å². The smallest absolute Gasteiger partial charge is 0.118 e. The van der Waals surface area contributed by atoms with Gasteiger partial charge in [-0.25, -0.2) is 0 Å². The Hall–Kier alpha value is -1.24. The van der Waals surface area contributed by atoms with Gasteiger partial charge in [-0.3, -0.25) is 0 Å². The molecule has 1 nitrogen and oxygen atoms in total. The van der Waals surface area contributed by atoms with E-state index in [1.54, 1.807) is 11.1 Å². The zero-order chi connectivity index (χ0) is 13.7. The Kier molecular flexibility index (Phi) is 2.90. The van der Waals surface area contributed by atoms with E-state index in [1.165, 1.54) is 43.3 Å². The highest BCUT2D eigenvalue weighted by molar-refractivity contribution is 5.56. The first-order valence-electron chi connectivity index (χ1n) is 8.33. The fourth-order valence-electron chi connectivity index (χ4n) is 4.86. The molecule has 0 bridgehead atoms. The van der Waals surface area contributed by atoms with Crippen LogP contribution in [0, 0.1) is 17.8 Å². The van der Waals surface area contributed by atoms with E-state index in [-0.39, 0.29) is 0 Å². The Morgan fingerprint density at radius 2 is 1.90 bits per heavy atom. The van der Waals surface area contributed by atoms with Gasteiger partial charge in [0.2, 0.25) is 0 Å². The fraction of sp³-hybridized carbons (Fsp3) is 0.579. The Balaban J connectivity index is 1.73. The first-order chi connectivity index (χ1) is 9.79. The van der Waals surface area contributed by atoms with Crippen LogP contribution in [0.2, 0.25) is 0 Å². The predicted molar refractivity (Wildman–Crippen MR) is 82.4 cm³/mol. The monoisotopic (exact) mass is 268 g/mol. The average Bonchev–Trinajstić information content (AvgIpc) is 2.83. The van der Waals surface area contributed by atoms with Gasteiger partial charge in [0.1, 0.15) is 5.76 Å². The second-order valence-corrected chi connectivity index (χ2v) is 6.85. The minimum absolute atomic E-state index is 0.466. The highest BCUT2D eigenvalue weighted by Crippen LogP contribution is 2.52. The Labute approximate surface area is 121 Å². The van der Waals surface area contributed by atoms with Crippen LogP contribution in [0.15, 0.2) is 46.3 Å². The van der Waals surface area contributed by atoms with Gasteiger partial charge >= 0.3 is 0 Å². The molecule has 0 spiro atoms. The van der Waals surface area contributed by atoms with Crippen LogP contribution >= 0.6 is 0 Å².